The van der Waals surface area contributed by atoms with Crippen LogP contribution in [0.15, 0.2) is 18.5 Å². The Morgan fingerprint density at radius 3 is 2.59 bits per heavy atom. The number of rotatable bonds is 3. The Labute approximate surface area is 174 Å². The molecule has 0 spiro atoms. The van der Waals surface area contributed by atoms with E-state index in [-0.39, 0.29) is 0 Å². The smallest absolute Gasteiger partial charge is 0.151 e. The van der Waals surface area contributed by atoms with Crippen LogP contribution in [0.25, 0.3) is 27.1 Å². The molecule has 1 aromatic carbocycles. The van der Waals surface area contributed by atoms with Gasteiger partial charge in [-0.15, -0.1) is 11.3 Å². The van der Waals surface area contributed by atoms with Gasteiger partial charge in [-0.1, -0.05) is 0 Å². The molecule has 4 heterocycles. The van der Waals surface area contributed by atoms with Crippen molar-refractivity contribution in [3.8, 4) is 5.82 Å². The van der Waals surface area contributed by atoms with Crippen LogP contribution < -0.4 is 0 Å². The monoisotopic (exact) mass is 407 g/mol. The summed E-state index contributed by atoms with van der Waals surface area (Å²) in [6, 6.07) is 4.36. The number of fused-ring (bicyclic) bond motifs is 2. The molecule has 7 heteroatoms. The zero-order chi connectivity index (χ0) is 20.1. The fourth-order valence-corrected chi connectivity index (χ4v) is 4.95. The molecule has 0 aliphatic carbocycles. The molecule has 4 aromatic rings. The molecule has 0 bridgehead atoms. The Hall–Kier alpha value is -2.35. The highest BCUT2D eigenvalue weighted by molar-refractivity contribution is 7.18. The topological polar surface area (TPSA) is 56.1 Å². The number of hydrogen-bond donors (Lipinski definition) is 0. The summed E-state index contributed by atoms with van der Waals surface area (Å²) in [4.78, 5) is 19.3. The Balaban J connectivity index is 1.70. The standard InChI is InChI=1S/C22H25N5OS/c1-13-9-17-18(10-14(13)2)27(12-23-17)21-20-15(3)16(4)29-22(20)25-19(24-21)11-26-5-7-28-8-6-26/h9-10,12H,5-8,11H2,1-4H3. The van der Waals surface area contributed by atoms with E-state index in [0.717, 1.165) is 65.7 Å². The van der Waals surface area contributed by atoms with Gasteiger partial charge in [0.25, 0.3) is 0 Å². The van der Waals surface area contributed by atoms with Crippen LogP contribution in [0, 0.1) is 27.7 Å². The van der Waals surface area contributed by atoms with E-state index in [9.17, 15) is 0 Å². The van der Waals surface area contributed by atoms with Crippen molar-refractivity contribution in [2.24, 2.45) is 0 Å². The average molecular weight is 408 g/mol. The second-order valence-electron chi connectivity index (χ2n) is 7.86. The van der Waals surface area contributed by atoms with Gasteiger partial charge in [0.1, 0.15) is 17.0 Å². The Kier molecular flexibility index (Phi) is 4.61. The fraction of sp³-hybridized carbons (Fsp3) is 0.409. The summed E-state index contributed by atoms with van der Waals surface area (Å²) in [5.74, 6) is 1.80. The number of aryl methyl sites for hydroxylation is 4. The van der Waals surface area contributed by atoms with Crippen LogP contribution in [0.3, 0.4) is 0 Å². The van der Waals surface area contributed by atoms with Crippen molar-refractivity contribution in [2.75, 3.05) is 26.3 Å². The average Bonchev–Trinajstić information content (AvgIpc) is 3.23. The van der Waals surface area contributed by atoms with E-state index >= 15 is 0 Å². The first kappa shape index (κ1) is 18.7. The predicted molar refractivity (Wildman–Crippen MR) is 117 cm³/mol. The predicted octanol–water partition coefficient (Wildman–Crippen LogP) is 4.10. The minimum Gasteiger partial charge on any atom is -0.379 e. The summed E-state index contributed by atoms with van der Waals surface area (Å²) in [6.45, 7) is 12.7. The van der Waals surface area contributed by atoms with Crippen LogP contribution >= 0.6 is 11.3 Å². The lowest BCUT2D eigenvalue weighted by Gasteiger charge is -2.25. The maximum absolute atomic E-state index is 5.49. The van der Waals surface area contributed by atoms with Crippen LogP contribution in [-0.4, -0.2) is 50.7 Å². The van der Waals surface area contributed by atoms with Gasteiger partial charge in [0.2, 0.25) is 0 Å². The normalized spacial score (nSPS) is 15.6. The molecule has 5 rings (SSSR count). The molecular weight excluding hydrogens is 382 g/mol. The van der Waals surface area contributed by atoms with Crippen LogP contribution in [0.5, 0.6) is 0 Å². The van der Waals surface area contributed by atoms with E-state index < -0.39 is 0 Å². The summed E-state index contributed by atoms with van der Waals surface area (Å²) in [5.41, 5.74) is 5.86. The highest BCUT2D eigenvalue weighted by Gasteiger charge is 2.20. The molecule has 1 aliphatic rings. The summed E-state index contributed by atoms with van der Waals surface area (Å²) < 4.78 is 7.62. The first-order valence-electron chi connectivity index (χ1n) is 10.0. The van der Waals surface area contributed by atoms with Gasteiger partial charge in [-0.25, -0.2) is 15.0 Å². The first-order chi connectivity index (χ1) is 14.0. The van der Waals surface area contributed by atoms with Gasteiger partial charge >= 0.3 is 0 Å². The van der Waals surface area contributed by atoms with Crippen LogP contribution in [0.4, 0.5) is 0 Å². The summed E-state index contributed by atoms with van der Waals surface area (Å²) in [7, 11) is 0. The summed E-state index contributed by atoms with van der Waals surface area (Å²) >= 11 is 1.75. The van der Waals surface area contributed by atoms with Crippen molar-refractivity contribution in [1.29, 1.82) is 0 Å². The lowest BCUT2D eigenvalue weighted by Crippen LogP contribution is -2.36. The second-order valence-corrected chi connectivity index (χ2v) is 9.06. The number of hydrogen-bond acceptors (Lipinski definition) is 6. The van der Waals surface area contributed by atoms with E-state index in [4.69, 9.17) is 14.7 Å². The minimum atomic E-state index is 0.743. The molecule has 0 atom stereocenters. The summed E-state index contributed by atoms with van der Waals surface area (Å²) in [5, 5.41) is 1.13. The van der Waals surface area contributed by atoms with E-state index in [1.807, 2.05) is 6.33 Å². The molecule has 1 aliphatic heterocycles. The maximum Gasteiger partial charge on any atom is 0.151 e. The molecule has 0 amide bonds. The molecule has 1 saturated heterocycles. The number of ether oxygens (including phenoxy) is 1. The third-order valence-electron chi connectivity index (χ3n) is 5.92. The van der Waals surface area contributed by atoms with E-state index in [1.54, 1.807) is 11.3 Å². The van der Waals surface area contributed by atoms with E-state index in [0.29, 0.717) is 0 Å². The van der Waals surface area contributed by atoms with Crippen LogP contribution in [0.2, 0.25) is 0 Å². The van der Waals surface area contributed by atoms with Crippen LogP contribution in [-0.2, 0) is 11.3 Å². The molecule has 3 aromatic heterocycles. The van der Waals surface area contributed by atoms with Crippen molar-refractivity contribution >= 4 is 32.6 Å². The third-order valence-corrected chi connectivity index (χ3v) is 7.02. The van der Waals surface area contributed by atoms with Gasteiger partial charge in [-0.05, 0) is 56.5 Å². The van der Waals surface area contributed by atoms with Crippen molar-refractivity contribution in [1.82, 2.24) is 24.4 Å². The van der Waals surface area contributed by atoms with Gasteiger partial charge in [0.05, 0.1) is 36.2 Å². The number of benzene rings is 1. The first-order valence-corrected chi connectivity index (χ1v) is 10.8. The number of imidazole rings is 1. The minimum absolute atomic E-state index is 0.743. The Morgan fingerprint density at radius 2 is 1.79 bits per heavy atom. The van der Waals surface area contributed by atoms with Crippen molar-refractivity contribution < 1.29 is 4.74 Å². The highest BCUT2D eigenvalue weighted by atomic mass is 32.1. The zero-order valence-corrected chi connectivity index (χ0v) is 18.1. The highest BCUT2D eigenvalue weighted by Crippen LogP contribution is 2.34. The molecule has 1 fully saturated rings. The lowest BCUT2D eigenvalue weighted by molar-refractivity contribution is 0.0331. The second kappa shape index (κ2) is 7.16. The molecule has 0 unspecified atom stereocenters. The Morgan fingerprint density at radius 1 is 1.03 bits per heavy atom. The number of aromatic nitrogens is 4. The molecule has 150 valence electrons. The van der Waals surface area contributed by atoms with E-state index in [1.165, 1.54) is 21.6 Å². The molecule has 6 nitrogen and oxygen atoms in total. The quantitative estimate of drug-likeness (QED) is 0.512. The van der Waals surface area contributed by atoms with E-state index in [2.05, 4.69) is 54.3 Å². The number of nitrogens with zero attached hydrogens (tertiary/aromatic N) is 5. The molecule has 0 saturated carbocycles. The van der Waals surface area contributed by atoms with Gasteiger partial charge in [-0.3, -0.25) is 9.47 Å². The molecule has 29 heavy (non-hydrogen) atoms. The number of thiophene rings is 1. The van der Waals surface area contributed by atoms with Crippen molar-refractivity contribution in [3.05, 3.63) is 45.9 Å². The Bertz CT molecular complexity index is 1220. The largest absolute Gasteiger partial charge is 0.379 e. The zero-order valence-electron chi connectivity index (χ0n) is 17.3. The number of morpholine rings is 1. The molecule has 0 radical (unpaired) electrons. The van der Waals surface area contributed by atoms with Crippen molar-refractivity contribution in [3.63, 3.8) is 0 Å². The van der Waals surface area contributed by atoms with Gasteiger partial charge < -0.3 is 4.74 Å². The maximum atomic E-state index is 5.49. The summed E-state index contributed by atoms with van der Waals surface area (Å²) in [6.07, 6.45) is 1.90. The van der Waals surface area contributed by atoms with Crippen LogP contribution in [0.1, 0.15) is 27.4 Å². The SMILES string of the molecule is Cc1cc2ncn(-c3nc(CN4CCOCC4)nc4sc(C)c(C)c34)c2cc1C. The van der Waals surface area contributed by atoms with Gasteiger partial charge in [0.15, 0.2) is 5.82 Å². The van der Waals surface area contributed by atoms with Crippen molar-refractivity contribution in [2.45, 2.75) is 34.2 Å². The fourth-order valence-electron chi connectivity index (χ4n) is 3.91. The lowest BCUT2D eigenvalue weighted by atomic mass is 10.1. The van der Waals surface area contributed by atoms with Gasteiger partial charge in [-0.2, -0.15) is 0 Å². The van der Waals surface area contributed by atoms with Gasteiger partial charge in [0, 0.05) is 18.0 Å². The molecular formula is C22H25N5OS. The third kappa shape index (κ3) is 3.23. The molecule has 0 N–H and O–H groups in total.